The molecule has 0 aromatic carbocycles. The summed E-state index contributed by atoms with van der Waals surface area (Å²) in [6, 6.07) is 0.138. The summed E-state index contributed by atoms with van der Waals surface area (Å²) in [7, 11) is -3.45. The Morgan fingerprint density at radius 2 is 2.11 bits per heavy atom. The topological polar surface area (TPSA) is 79.3 Å². The molecule has 0 saturated carbocycles. The lowest BCUT2D eigenvalue weighted by atomic mass is 10.1. The van der Waals surface area contributed by atoms with Crippen LogP contribution >= 0.6 is 0 Å². The van der Waals surface area contributed by atoms with E-state index in [-0.39, 0.29) is 12.1 Å². The molecule has 8 heteroatoms. The summed E-state index contributed by atoms with van der Waals surface area (Å²) < 4.78 is 30.4. The van der Waals surface area contributed by atoms with Crippen molar-refractivity contribution in [3.05, 3.63) is 11.9 Å². The van der Waals surface area contributed by atoms with Gasteiger partial charge in [-0.05, 0) is 20.8 Å². The standard InChI is InChI=1S/C11H19N5O2S/c1-7-6-15-10(4-12-7)11(5-13-15)16-9(3)8(2)14-19(16,17)18/h5,7-9,12,14H,4,6H2,1-3H3/t7-,8?,9-/m0/s1. The maximum absolute atomic E-state index is 12.2. The highest BCUT2D eigenvalue weighted by Gasteiger charge is 2.41. The molecule has 2 aliphatic heterocycles. The summed E-state index contributed by atoms with van der Waals surface area (Å²) in [6.07, 6.45) is 1.66. The molecule has 1 unspecified atom stereocenters. The highest BCUT2D eigenvalue weighted by atomic mass is 32.2. The molecule has 19 heavy (non-hydrogen) atoms. The Morgan fingerprint density at radius 1 is 1.37 bits per heavy atom. The lowest BCUT2D eigenvalue weighted by Crippen LogP contribution is -2.39. The highest BCUT2D eigenvalue weighted by molar-refractivity contribution is 7.91. The van der Waals surface area contributed by atoms with Crippen molar-refractivity contribution in [3.8, 4) is 0 Å². The minimum absolute atomic E-state index is 0.101. The second-order valence-electron chi connectivity index (χ2n) is 5.39. The van der Waals surface area contributed by atoms with Gasteiger partial charge in [-0.15, -0.1) is 0 Å². The summed E-state index contributed by atoms with van der Waals surface area (Å²) in [5, 5.41) is 7.66. The summed E-state index contributed by atoms with van der Waals surface area (Å²) >= 11 is 0. The van der Waals surface area contributed by atoms with E-state index in [0.29, 0.717) is 18.3 Å². The van der Waals surface area contributed by atoms with Crippen LogP contribution in [0.1, 0.15) is 26.5 Å². The third-order valence-corrected chi connectivity index (χ3v) is 5.63. The van der Waals surface area contributed by atoms with Gasteiger partial charge < -0.3 is 5.32 Å². The van der Waals surface area contributed by atoms with E-state index in [1.54, 1.807) is 6.20 Å². The molecule has 2 aliphatic rings. The van der Waals surface area contributed by atoms with Crippen molar-refractivity contribution in [1.82, 2.24) is 19.8 Å². The van der Waals surface area contributed by atoms with Gasteiger partial charge in [-0.3, -0.25) is 4.68 Å². The minimum atomic E-state index is -3.45. The quantitative estimate of drug-likeness (QED) is 0.749. The first-order valence-electron chi connectivity index (χ1n) is 6.50. The van der Waals surface area contributed by atoms with E-state index >= 15 is 0 Å². The molecule has 2 N–H and O–H groups in total. The van der Waals surface area contributed by atoms with Gasteiger partial charge in [0.2, 0.25) is 0 Å². The number of rotatable bonds is 1. The van der Waals surface area contributed by atoms with Crippen LogP contribution in [0.3, 0.4) is 0 Å². The van der Waals surface area contributed by atoms with E-state index in [0.717, 1.165) is 12.2 Å². The van der Waals surface area contributed by atoms with Gasteiger partial charge in [-0.25, -0.2) is 4.31 Å². The van der Waals surface area contributed by atoms with Crippen molar-refractivity contribution in [2.75, 3.05) is 4.31 Å². The van der Waals surface area contributed by atoms with Crippen molar-refractivity contribution in [2.45, 2.75) is 52.0 Å². The van der Waals surface area contributed by atoms with Gasteiger partial charge in [0.1, 0.15) is 0 Å². The highest BCUT2D eigenvalue weighted by Crippen LogP contribution is 2.31. The maximum atomic E-state index is 12.2. The monoisotopic (exact) mass is 285 g/mol. The molecule has 7 nitrogen and oxygen atoms in total. The zero-order valence-electron chi connectivity index (χ0n) is 11.3. The molecule has 0 radical (unpaired) electrons. The molecule has 0 bridgehead atoms. The Kier molecular flexibility index (Phi) is 2.84. The van der Waals surface area contributed by atoms with Gasteiger partial charge in [0, 0.05) is 18.6 Å². The van der Waals surface area contributed by atoms with E-state index < -0.39 is 10.2 Å². The minimum Gasteiger partial charge on any atom is -0.307 e. The van der Waals surface area contributed by atoms with Gasteiger partial charge >= 0.3 is 10.2 Å². The first-order chi connectivity index (χ1) is 8.90. The molecular formula is C11H19N5O2S. The average Bonchev–Trinajstić information content (AvgIpc) is 2.78. The van der Waals surface area contributed by atoms with E-state index in [9.17, 15) is 8.42 Å². The summed E-state index contributed by atoms with van der Waals surface area (Å²) in [6.45, 7) is 7.27. The molecular weight excluding hydrogens is 266 g/mol. The Labute approximate surface area is 113 Å². The van der Waals surface area contributed by atoms with Gasteiger partial charge in [0.05, 0.1) is 30.2 Å². The lowest BCUT2D eigenvalue weighted by Gasteiger charge is -2.26. The van der Waals surface area contributed by atoms with E-state index in [2.05, 4.69) is 22.1 Å². The smallest absolute Gasteiger partial charge is 0.302 e. The summed E-state index contributed by atoms with van der Waals surface area (Å²) in [5.41, 5.74) is 1.62. The van der Waals surface area contributed by atoms with Crippen molar-refractivity contribution >= 4 is 15.9 Å². The second-order valence-corrected chi connectivity index (χ2v) is 6.97. The molecule has 1 fully saturated rings. The Bertz CT molecular complexity index is 596. The summed E-state index contributed by atoms with van der Waals surface area (Å²) in [5.74, 6) is 0. The normalized spacial score (nSPS) is 33.4. The van der Waals surface area contributed by atoms with E-state index in [4.69, 9.17) is 0 Å². The number of hydrogen-bond acceptors (Lipinski definition) is 4. The zero-order valence-corrected chi connectivity index (χ0v) is 12.1. The number of nitrogens with zero attached hydrogens (tertiary/aromatic N) is 3. The number of aromatic nitrogens is 2. The van der Waals surface area contributed by atoms with Gasteiger partial charge in [-0.1, -0.05) is 0 Å². The SMILES string of the molecule is CC1NS(=O)(=O)N(c2cnn3c2CN[C@@H](C)C3)[C@H]1C. The number of fused-ring (bicyclic) bond motifs is 1. The molecule has 3 heterocycles. The van der Waals surface area contributed by atoms with E-state index in [1.807, 2.05) is 18.5 Å². The van der Waals surface area contributed by atoms with E-state index in [1.165, 1.54) is 4.31 Å². The lowest BCUT2D eigenvalue weighted by molar-refractivity contribution is 0.389. The number of nitrogens with one attached hydrogen (secondary N) is 2. The molecule has 0 spiro atoms. The second kappa shape index (κ2) is 4.19. The molecule has 3 rings (SSSR count). The maximum Gasteiger partial charge on any atom is 0.302 e. The van der Waals surface area contributed by atoms with Gasteiger partial charge in [0.15, 0.2) is 0 Å². The van der Waals surface area contributed by atoms with Crippen LogP contribution in [0.25, 0.3) is 0 Å². The first-order valence-corrected chi connectivity index (χ1v) is 7.94. The van der Waals surface area contributed by atoms with Crippen molar-refractivity contribution in [3.63, 3.8) is 0 Å². The fraction of sp³-hybridized carbons (Fsp3) is 0.727. The molecule has 1 aromatic rings. The third-order valence-electron chi connectivity index (χ3n) is 3.92. The van der Waals surface area contributed by atoms with Crippen LogP contribution in [0.5, 0.6) is 0 Å². The molecule has 106 valence electrons. The van der Waals surface area contributed by atoms with Gasteiger partial charge in [-0.2, -0.15) is 18.2 Å². The van der Waals surface area contributed by atoms with Crippen LogP contribution in [0.4, 0.5) is 5.69 Å². The Hall–Kier alpha value is -1.12. The van der Waals surface area contributed by atoms with Crippen LogP contribution in [-0.4, -0.2) is 36.3 Å². The molecule has 0 amide bonds. The van der Waals surface area contributed by atoms with Crippen molar-refractivity contribution in [2.24, 2.45) is 0 Å². The molecule has 1 aromatic heterocycles. The van der Waals surface area contributed by atoms with Crippen LogP contribution in [0, 0.1) is 0 Å². The predicted molar refractivity (Wildman–Crippen MR) is 72.0 cm³/mol. The van der Waals surface area contributed by atoms with Crippen LogP contribution in [-0.2, 0) is 23.3 Å². The molecule has 1 saturated heterocycles. The van der Waals surface area contributed by atoms with Crippen LogP contribution in [0.15, 0.2) is 6.20 Å². The van der Waals surface area contributed by atoms with Crippen molar-refractivity contribution in [1.29, 1.82) is 0 Å². The fourth-order valence-corrected chi connectivity index (χ4v) is 4.49. The van der Waals surface area contributed by atoms with Gasteiger partial charge in [0.25, 0.3) is 0 Å². The predicted octanol–water partition coefficient (Wildman–Crippen LogP) is -0.194. The first kappa shape index (κ1) is 12.9. The third kappa shape index (κ3) is 1.94. The molecule has 3 atom stereocenters. The Morgan fingerprint density at radius 3 is 2.74 bits per heavy atom. The number of hydrogen-bond donors (Lipinski definition) is 2. The zero-order chi connectivity index (χ0) is 13.8. The largest absolute Gasteiger partial charge is 0.307 e. The fourth-order valence-electron chi connectivity index (χ4n) is 2.68. The summed E-state index contributed by atoms with van der Waals surface area (Å²) in [4.78, 5) is 0. The van der Waals surface area contributed by atoms with Crippen molar-refractivity contribution < 1.29 is 8.42 Å². The number of anilines is 1. The Balaban J connectivity index is 2.04. The van der Waals surface area contributed by atoms with Crippen LogP contribution < -0.4 is 14.3 Å². The van der Waals surface area contributed by atoms with Crippen LogP contribution in [0.2, 0.25) is 0 Å². The molecule has 0 aliphatic carbocycles. The average molecular weight is 285 g/mol.